The third kappa shape index (κ3) is 2.95. The lowest BCUT2D eigenvalue weighted by molar-refractivity contribution is -0.384. The summed E-state index contributed by atoms with van der Waals surface area (Å²) in [5.74, 6) is -0.995. The van der Waals surface area contributed by atoms with Gasteiger partial charge in [0.15, 0.2) is 0 Å². The molecule has 0 unspecified atom stereocenters. The molecule has 0 aliphatic carbocycles. The van der Waals surface area contributed by atoms with Crippen LogP contribution in [0.5, 0.6) is 0 Å². The number of hydrogen-bond donors (Lipinski definition) is 2. The van der Waals surface area contributed by atoms with Crippen LogP contribution in [0.15, 0.2) is 35.3 Å². The van der Waals surface area contributed by atoms with E-state index in [9.17, 15) is 24.8 Å². The molecule has 3 aromatic rings. The number of hydrogen-bond acceptors (Lipinski definition) is 5. The smallest absolute Gasteiger partial charge is 0.272 e. The van der Waals surface area contributed by atoms with Crippen molar-refractivity contribution >= 4 is 33.5 Å². The van der Waals surface area contributed by atoms with Crippen molar-refractivity contribution in [1.82, 2.24) is 9.97 Å². The van der Waals surface area contributed by atoms with Crippen LogP contribution in [0.2, 0.25) is 0 Å². The number of nitrogens with one attached hydrogen (secondary N) is 2. The Hall–Kier alpha value is -3.16. The maximum absolute atomic E-state index is 11.7. The Balaban J connectivity index is 0.000000309. The molecule has 0 aliphatic rings. The van der Waals surface area contributed by atoms with Gasteiger partial charge in [0, 0.05) is 40.6 Å². The maximum atomic E-state index is 11.7. The molecular formula is C14H12N3O5-. The minimum Gasteiger partial charge on any atom is -0.550 e. The summed E-state index contributed by atoms with van der Waals surface area (Å²) in [6.07, 6.45) is 1.75. The molecule has 0 saturated heterocycles. The van der Waals surface area contributed by atoms with Gasteiger partial charge in [0.25, 0.3) is 11.2 Å². The Morgan fingerprint density at radius 1 is 1.27 bits per heavy atom. The molecule has 114 valence electrons. The standard InChI is InChI=1S/C11H7N3O3.C3H6O2/c15-11-10-7(3-4-12-10)8-5-6(14(16)17)1-2-9(8)13-11;1-2-3(4)5/h1-5,12H,(H,13,15);2H2,1H3,(H,4,5)/p-1. The van der Waals surface area contributed by atoms with Gasteiger partial charge in [-0.05, 0) is 18.6 Å². The molecule has 2 heterocycles. The number of benzene rings is 1. The molecule has 0 fully saturated rings. The summed E-state index contributed by atoms with van der Waals surface area (Å²) in [5, 5.41) is 21.3. The van der Waals surface area contributed by atoms with Gasteiger partial charge in [0.05, 0.1) is 4.92 Å². The Morgan fingerprint density at radius 2 is 1.95 bits per heavy atom. The number of rotatable bonds is 2. The van der Waals surface area contributed by atoms with E-state index < -0.39 is 10.9 Å². The van der Waals surface area contributed by atoms with E-state index in [2.05, 4.69) is 9.97 Å². The van der Waals surface area contributed by atoms with E-state index in [0.29, 0.717) is 21.8 Å². The second-order valence-electron chi connectivity index (χ2n) is 4.43. The number of carbonyl (C=O) groups is 1. The van der Waals surface area contributed by atoms with E-state index in [1.54, 1.807) is 18.3 Å². The predicted molar refractivity (Wildman–Crippen MR) is 78.4 cm³/mol. The van der Waals surface area contributed by atoms with Crippen LogP contribution in [0.25, 0.3) is 21.8 Å². The number of carboxylic acids is 1. The number of nitro groups is 1. The lowest BCUT2D eigenvalue weighted by Gasteiger charge is -1.99. The Kier molecular flexibility index (Phi) is 4.21. The zero-order valence-electron chi connectivity index (χ0n) is 11.6. The van der Waals surface area contributed by atoms with Crippen molar-refractivity contribution in [3.63, 3.8) is 0 Å². The highest BCUT2D eigenvalue weighted by atomic mass is 16.6. The van der Waals surface area contributed by atoms with Crippen molar-refractivity contribution in [2.45, 2.75) is 13.3 Å². The van der Waals surface area contributed by atoms with Crippen LogP contribution < -0.4 is 10.7 Å². The highest BCUT2D eigenvalue weighted by Crippen LogP contribution is 2.24. The SMILES string of the molecule is CCC(=O)[O-].O=c1[nH]c2ccc([N+](=O)[O-])cc2c2cc[nH]c12. The average Bonchev–Trinajstić information content (AvgIpc) is 2.98. The van der Waals surface area contributed by atoms with Crippen molar-refractivity contribution in [3.05, 3.63) is 50.9 Å². The van der Waals surface area contributed by atoms with Crippen LogP contribution in [0.4, 0.5) is 5.69 Å². The number of pyridine rings is 1. The molecule has 0 saturated carbocycles. The summed E-state index contributed by atoms with van der Waals surface area (Å²) in [6.45, 7) is 1.54. The number of non-ortho nitro benzene ring substituents is 1. The molecule has 2 aromatic heterocycles. The lowest BCUT2D eigenvalue weighted by Crippen LogP contribution is -2.19. The molecule has 0 spiro atoms. The van der Waals surface area contributed by atoms with Gasteiger partial charge in [0.1, 0.15) is 5.52 Å². The molecular weight excluding hydrogens is 290 g/mol. The lowest BCUT2D eigenvalue weighted by atomic mass is 10.1. The topological polar surface area (TPSA) is 132 Å². The fourth-order valence-corrected chi connectivity index (χ4v) is 1.94. The number of nitrogens with zero attached hydrogens (tertiary/aromatic N) is 1. The normalized spacial score (nSPS) is 10.2. The van der Waals surface area contributed by atoms with Gasteiger partial charge >= 0.3 is 0 Å². The van der Waals surface area contributed by atoms with Crippen molar-refractivity contribution in [2.24, 2.45) is 0 Å². The number of H-pyrrole nitrogens is 2. The quantitative estimate of drug-likeness (QED) is 0.539. The molecule has 2 N–H and O–H groups in total. The van der Waals surface area contributed by atoms with Gasteiger partial charge in [-0.15, -0.1) is 0 Å². The first-order chi connectivity index (χ1) is 10.4. The number of aromatic amines is 2. The Bertz CT molecular complexity index is 910. The summed E-state index contributed by atoms with van der Waals surface area (Å²) in [5.41, 5.74) is 0.795. The summed E-state index contributed by atoms with van der Waals surface area (Å²) >= 11 is 0. The minimum absolute atomic E-state index is 0.00653. The summed E-state index contributed by atoms with van der Waals surface area (Å²) in [4.78, 5) is 36.7. The monoisotopic (exact) mass is 302 g/mol. The molecule has 0 aliphatic heterocycles. The third-order valence-electron chi connectivity index (χ3n) is 3.02. The van der Waals surface area contributed by atoms with E-state index in [1.807, 2.05) is 0 Å². The molecule has 8 nitrogen and oxygen atoms in total. The molecule has 0 radical (unpaired) electrons. The first-order valence-electron chi connectivity index (χ1n) is 6.41. The molecule has 1 aromatic carbocycles. The second-order valence-corrected chi connectivity index (χ2v) is 4.43. The molecule has 0 amide bonds. The largest absolute Gasteiger partial charge is 0.550 e. The summed E-state index contributed by atoms with van der Waals surface area (Å²) in [7, 11) is 0. The van der Waals surface area contributed by atoms with E-state index in [0.717, 1.165) is 0 Å². The van der Waals surface area contributed by atoms with Crippen LogP contribution in [0, 0.1) is 10.1 Å². The van der Waals surface area contributed by atoms with E-state index >= 15 is 0 Å². The molecule has 3 rings (SSSR count). The van der Waals surface area contributed by atoms with Crippen LogP contribution in [-0.4, -0.2) is 20.9 Å². The van der Waals surface area contributed by atoms with Gasteiger partial charge < -0.3 is 19.9 Å². The van der Waals surface area contributed by atoms with Gasteiger partial charge in [0.2, 0.25) is 0 Å². The predicted octanol–water partition coefficient (Wildman–Crippen LogP) is 1.06. The number of aliphatic carboxylic acids is 1. The summed E-state index contributed by atoms with van der Waals surface area (Å²) in [6, 6.07) is 6.11. The molecule has 8 heteroatoms. The van der Waals surface area contributed by atoms with Crippen molar-refractivity contribution in [2.75, 3.05) is 0 Å². The number of aromatic nitrogens is 2. The maximum Gasteiger partial charge on any atom is 0.272 e. The van der Waals surface area contributed by atoms with Crippen LogP contribution in [0.3, 0.4) is 0 Å². The zero-order valence-corrected chi connectivity index (χ0v) is 11.6. The molecule has 0 atom stereocenters. The van der Waals surface area contributed by atoms with Crippen LogP contribution in [-0.2, 0) is 4.79 Å². The van der Waals surface area contributed by atoms with Crippen molar-refractivity contribution < 1.29 is 14.8 Å². The fourth-order valence-electron chi connectivity index (χ4n) is 1.94. The third-order valence-corrected chi connectivity index (χ3v) is 3.02. The highest BCUT2D eigenvalue weighted by Gasteiger charge is 2.10. The highest BCUT2D eigenvalue weighted by molar-refractivity contribution is 6.04. The Morgan fingerprint density at radius 3 is 2.55 bits per heavy atom. The van der Waals surface area contributed by atoms with Crippen molar-refractivity contribution in [1.29, 1.82) is 0 Å². The molecule has 22 heavy (non-hydrogen) atoms. The van der Waals surface area contributed by atoms with Gasteiger partial charge in [-0.25, -0.2) is 0 Å². The van der Waals surface area contributed by atoms with Gasteiger partial charge in [-0.2, -0.15) is 0 Å². The fraction of sp³-hybridized carbons (Fsp3) is 0.143. The minimum atomic E-state index is -0.995. The average molecular weight is 302 g/mol. The first kappa shape index (κ1) is 15.2. The van der Waals surface area contributed by atoms with Crippen molar-refractivity contribution in [3.8, 4) is 0 Å². The molecule has 0 bridgehead atoms. The summed E-state index contributed by atoms with van der Waals surface area (Å²) < 4.78 is 0. The number of carboxylic acid groups (broad SMARTS) is 1. The van der Waals surface area contributed by atoms with Crippen LogP contribution >= 0.6 is 0 Å². The van der Waals surface area contributed by atoms with E-state index in [4.69, 9.17) is 0 Å². The van der Waals surface area contributed by atoms with E-state index in [-0.39, 0.29) is 17.7 Å². The first-order valence-corrected chi connectivity index (χ1v) is 6.41. The Labute approximate surface area is 123 Å². The van der Waals surface area contributed by atoms with Crippen LogP contribution in [0.1, 0.15) is 13.3 Å². The van der Waals surface area contributed by atoms with E-state index in [1.165, 1.54) is 19.1 Å². The van der Waals surface area contributed by atoms with Gasteiger partial charge in [-0.1, -0.05) is 6.92 Å². The second kappa shape index (κ2) is 6.08. The number of fused-ring (bicyclic) bond motifs is 3. The number of nitro benzene ring substituents is 1. The number of carbonyl (C=O) groups excluding carboxylic acids is 1. The zero-order chi connectivity index (χ0) is 16.3. The van der Waals surface area contributed by atoms with Gasteiger partial charge in [-0.3, -0.25) is 14.9 Å².